The molecule has 17 heavy (non-hydrogen) atoms. The SMILES string of the molecule is CCNC(C)(CN(C)C(C)CC)C(=O)OCC. The van der Waals surface area contributed by atoms with Crippen LogP contribution in [0, 0.1) is 0 Å². The Morgan fingerprint density at radius 2 is 2.00 bits per heavy atom. The molecule has 0 aromatic rings. The highest BCUT2D eigenvalue weighted by molar-refractivity contribution is 5.80. The minimum atomic E-state index is -0.622. The van der Waals surface area contributed by atoms with E-state index < -0.39 is 5.54 Å². The molecule has 0 heterocycles. The second-order valence-corrected chi connectivity index (χ2v) is 4.76. The lowest BCUT2D eigenvalue weighted by Gasteiger charge is -2.34. The molecular weight excluding hydrogens is 216 g/mol. The summed E-state index contributed by atoms with van der Waals surface area (Å²) in [5.74, 6) is -0.169. The van der Waals surface area contributed by atoms with Gasteiger partial charge in [-0.3, -0.25) is 4.79 Å². The first-order valence-electron chi connectivity index (χ1n) is 6.53. The molecule has 2 atom stereocenters. The fourth-order valence-corrected chi connectivity index (χ4v) is 1.84. The molecule has 0 aliphatic rings. The Bertz CT molecular complexity index is 233. The van der Waals surface area contributed by atoms with E-state index in [1.165, 1.54) is 0 Å². The van der Waals surface area contributed by atoms with Crippen LogP contribution >= 0.6 is 0 Å². The van der Waals surface area contributed by atoms with E-state index in [9.17, 15) is 4.79 Å². The Morgan fingerprint density at radius 1 is 1.41 bits per heavy atom. The Labute approximate surface area is 106 Å². The van der Waals surface area contributed by atoms with E-state index >= 15 is 0 Å². The van der Waals surface area contributed by atoms with Gasteiger partial charge in [0.2, 0.25) is 0 Å². The fraction of sp³-hybridized carbons (Fsp3) is 0.923. The molecule has 4 heteroatoms. The number of carbonyl (C=O) groups excluding carboxylic acids is 1. The lowest BCUT2D eigenvalue weighted by atomic mass is 10.0. The van der Waals surface area contributed by atoms with E-state index in [0.717, 1.165) is 13.0 Å². The summed E-state index contributed by atoms with van der Waals surface area (Å²) in [6.07, 6.45) is 1.07. The second kappa shape index (κ2) is 7.67. The van der Waals surface area contributed by atoms with Crippen molar-refractivity contribution in [2.45, 2.75) is 52.6 Å². The lowest BCUT2D eigenvalue weighted by molar-refractivity contribution is -0.151. The number of nitrogens with one attached hydrogen (secondary N) is 1. The number of rotatable bonds is 8. The first-order valence-corrected chi connectivity index (χ1v) is 6.53. The second-order valence-electron chi connectivity index (χ2n) is 4.76. The van der Waals surface area contributed by atoms with Crippen molar-refractivity contribution in [3.63, 3.8) is 0 Å². The smallest absolute Gasteiger partial charge is 0.327 e. The number of likely N-dealkylation sites (N-methyl/N-ethyl adjacent to an activating group) is 2. The summed E-state index contributed by atoms with van der Waals surface area (Å²) in [6, 6.07) is 0.461. The van der Waals surface area contributed by atoms with Gasteiger partial charge >= 0.3 is 5.97 Å². The monoisotopic (exact) mass is 244 g/mol. The molecule has 0 rings (SSSR count). The summed E-state index contributed by atoms with van der Waals surface area (Å²) in [5, 5.41) is 3.24. The molecule has 0 aliphatic heterocycles. The van der Waals surface area contributed by atoms with Crippen molar-refractivity contribution in [3.8, 4) is 0 Å². The van der Waals surface area contributed by atoms with Crippen molar-refractivity contribution in [1.82, 2.24) is 10.2 Å². The minimum Gasteiger partial charge on any atom is -0.465 e. The van der Waals surface area contributed by atoms with E-state index in [-0.39, 0.29) is 5.97 Å². The summed E-state index contributed by atoms with van der Waals surface area (Å²) in [5.41, 5.74) is -0.622. The van der Waals surface area contributed by atoms with Gasteiger partial charge in [-0.15, -0.1) is 0 Å². The molecule has 0 aliphatic carbocycles. The number of carbonyl (C=O) groups is 1. The largest absolute Gasteiger partial charge is 0.465 e. The van der Waals surface area contributed by atoms with Gasteiger partial charge in [0.1, 0.15) is 5.54 Å². The van der Waals surface area contributed by atoms with Crippen LogP contribution in [0.5, 0.6) is 0 Å². The van der Waals surface area contributed by atoms with Crippen LogP contribution in [0.25, 0.3) is 0 Å². The molecule has 102 valence electrons. The normalized spacial score (nSPS) is 16.6. The predicted molar refractivity (Wildman–Crippen MR) is 71.1 cm³/mol. The van der Waals surface area contributed by atoms with Crippen LogP contribution in [-0.4, -0.2) is 49.2 Å². The maximum absolute atomic E-state index is 12.0. The van der Waals surface area contributed by atoms with E-state index in [1.807, 2.05) is 27.8 Å². The molecule has 0 saturated heterocycles. The third-order valence-electron chi connectivity index (χ3n) is 3.20. The van der Waals surface area contributed by atoms with Gasteiger partial charge in [0.25, 0.3) is 0 Å². The van der Waals surface area contributed by atoms with Gasteiger partial charge in [-0.2, -0.15) is 0 Å². The van der Waals surface area contributed by atoms with Crippen molar-refractivity contribution in [1.29, 1.82) is 0 Å². The summed E-state index contributed by atoms with van der Waals surface area (Å²) >= 11 is 0. The lowest BCUT2D eigenvalue weighted by Crippen LogP contribution is -2.58. The Hall–Kier alpha value is -0.610. The van der Waals surface area contributed by atoms with Crippen molar-refractivity contribution in [2.75, 3.05) is 26.7 Å². The average Bonchev–Trinajstić information content (AvgIpc) is 2.28. The molecule has 0 saturated carbocycles. The van der Waals surface area contributed by atoms with Gasteiger partial charge in [-0.05, 0) is 40.8 Å². The summed E-state index contributed by atoms with van der Waals surface area (Å²) in [6.45, 7) is 11.9. The van der Waals surface area contributed by atoms with Crippen molar-refractivity contribution in [3.05, 3.63) is 0 Å². The number of nitrogens with zero attached hydrogens (tertiary/aromatic N) is 1. The van der Waals surface area contributed by atoms with Crippen molar-refractivity contribution < 1.29 is 9.53 Å². The van der Waals surface area contributed by atoms with Crippen LogP contribution in [0.4, 0.5) is 0 Å². The van der Waals surface area contributed by atoms with Crippen LogP contribution in [0.3, 0.4) is 0 Å². The van der Waals surface area contributed by atoms with Gasteiger partial charge in [0.15, 0.2) is 0 Å². The molecule has 1 N–H and O–H groups in total. The van der Waals surface area contributed by atoms with Crippen LogP contribution in [-0.2, 0) is 9.53 Å². The fourth-order valence-electron chi connectivity index (χ4n) is 1.84. The van der Waals surface area contributed by atoms with Gasteiger partial charge < -0.3 is 15.0 Å². The summed E-state index contributed by atoms with van der Waals surface area (Å²) in [4.78, 5) is 14.2. The highest BCUT2D eigenvalue weighted by atomic mass is 16.5. The number of ether oxygens (including phenoxy) is 1. The number of hydrogen-bond donors (Lipinski definition) is 1. The standard InChI is InChI=1S/C13H28N2O2/c1-7-11(4)15(6)10-13(5,14-8-2)12(16)17-9-3/h11,14H,7-10H2,1-6H3. The molecule has 0 aromatic heterocycles. The Kier molecular flexibility index (Phi) is 7.39. The zero-order valence-electron chi connectivity index (χ0n) is 12.2. The quantitative estimate of drug-likeness (QED) is 0.659. The minimum absolute atomic E-state index is 0.169. The topological polar surface area (TPSA) is 41.6 Å². The molecule has 0 radical (unpaired) electrons. The van der Waals surface area contributed by atoms with Gasteiger partial charge in [-0.1, -0.05) is 13.8 Å². The first kappa shape index (κ1) is 16.4. The Morgan fingerprint density at radius 3 is 2.41 bits per heavy atom. The number of esters is 1. The first-order chi connectivity index (χ1) is 7.91. The van der Waals surface area contributed by atoms with E-state index in [1.54, 1.807) is 0 Å². The summed E-state index contributed by atoms with van der Waals surface area (Å²) in [7, 11) is 2.04. The molecule has 4 nitrogen and oxygen atoms in total. The van der Waals surface area contributed by atoms with E-state index in [2.05, 4.69) is 24.1 Å². The highest BCUT2D eigenvalue weighted by Gasteiger charge is 2.35. The molecule has 0 amide bonds. The van der Waals surface area contributed by atoms with Crippen LogP contribution in [0.1, 0.15) is 41.0 Å². The summed E-state index contributed by atoms with van der Waals surface area (Å²) < 4.78 is 5.15. The zero-order valence-corrected chi connectivity index (χ0v) is 12.2. The molecule has 0 fully saturated rings. The van der Waals surface area contributed by atoms with Gasteiger partial charge in [-0.25, -0.2) is 0 Å². The van der Waals surface area contributed by atoms with Crippen molar-refractivity contribution in [2.24, 2.45) is 0 Å². The van der Waals surface area contributed by atoms with Crippen LogP contribution in [0.15, 0.2) is 0 Å². The van der Waals surface area contributed by atoms with E-state index in [0.29, 0.717) is 19.2 Å². The average molecular weight is 244 g/mol. The molecule has 2 unspecified atom stereocenters. The predicted octanol–water partition coefficient (Wildman–Crippen LogP) is 1.65. The maximum Gasteiger partial charge on any atom is 0.327 e. The van der Waals surface area contributed by atoms with Gasteiger partial charge in [0.05, 0.1) is 6.61 Å². The van der Waals surface area contributed by atoms with Crippen molar-refractivity contribution >= 4 is 5.97 Å². The molecule has 0 bridgehead atoms. The van der Waals surface area contributed by atoms with E-state index in [4.69, 9.17) is 4.74 Å². The van der Waals surface area contributed by atoms with Crippen LogP contribution in [0.2, 0.25) is 0 Å². The third kappa shape index (κ3) is 5.04. The Balaban J connectivity index is 4.65. The number of hydrogen-bond acceptors (Lipinski definition) is 4. The third-order valence-corrected chi connectivity index (χ3v) is 3.20. The van der Waals surface area contributed by atoms with Gasteiger partial charge in [0, 0.05) is 12.6 Å². The molecular formula is C13H28N2O2. The highest BCUT2D eigenvalue weighted by Crippen LogP contribution is 2.12. The van der Waals surface area contributed by atoms with Crippen LogP contribution < -0.4 is 5.32 Å². The molecule has 0 aromatic carbocycles. The molecule has 0 spiro atoms. The maximum atomic E-state index is 12.0. The zero-order chi connectivity index (χ0) is 13.5.